The van der Waals surface area contributed by atoms with Crippen LogP contribution >= 0.6 is 0 Å². The molecule has 0 bridgehead atoms. The Morgan fingerprint density at radius 1 is 1.60 bits per heavy atom. The molecule has 5 heteroatoms. The topological polar surface area (TPSA) is 61.8 Å². The van der Waals surface area contributed by atoms with Crippen molar-refractivity contribution in [3.05, 3.63) is 54.1 Å². The first-order chi connectivity index (χ1) is 9.51. The molecule has 1 N–H and O–H groups in total. The van der Waals surface area contributed by atoms with Gasteiger partial charge in [-0.25, -0.2) is 4.39 Å². The average molecular weight is 271 g/mol. The van der Waals surface area contributed by atoms with Gasteiger partial charge in [0, 0.05) is 30.8 Å². The van der Waals surface area contributed by atoms with Crippen LogP contribution in [0.3, 0.4) is 0 Å². The maximum Gasteiger partial charge on any atom is 0.123 e. The second-order valence-electron chi connectivity index (χ2n) is 4.57. The normalized spacial score (nSPS) is 11.9. The number of rotatable bonds is 4. The number of aryl methyl sites for hydroxylation is 1. The fourth-order valence-electron chi connectivity index (χ4n) is 2.02. The third-order valence-corrected chi connectivity index (χ3v) is 2.99. The van der Waals surface area contributed by atoms with Gasteiger partial charge in [-0.15, -0.1) is 0 Å². The van der Waals surface area contributed by atoms with E-state index in [2.05, 4.69) is 11.7 Å². The van der Waals surface area contributed by atoms with Crippen LogP contribution in [0.4, 0.5) is 4.39 Å². The Morgan fingerprint density at radius 3 is 2.95 bits per heavy atom. The molecular weight excluding hydrogens is 257 g/mol. The number of nitriles is 1. The van der Waals surface area contributed by atoms with Gasteiger partial charge in [-0.05, 0) is 23.3 Å². The predicted octanol–water partition coefficient (Wildman–Crippen LogP) is 2.73. The average Bonchev–Trinajstić information content (AvgIpc) is 2.84. The third kappa shape index (κ3) is 2.92. The Kier molecular flexibility index (Phi) is 3.97. The highest BCUT2D eigenvalue weighted by Crippen LogP contribution is 2.31. The molecule has 1 heterocycles. The van der Waals surface area contributed by atoms with Gasteiger partial charge in [0.25, 0.3) is 0 Å². The number of aliphatic hydroxyl groups is 1. The van der Waals surface area contributed by atoms with Crippen molar-refractivity contribution in [1.29, 1.82) is 5.26 Å². The molecule has 1 aromatic carbocycles. The first kappa shape index (κ1) is 14.0. The van der Waals surface area contributed by atoms with Gasteiger partial charge in [-0.1, -0.05) is 12.6 Å². The molecule has 0 radical (unpaired) electrons. The van der Waals surface area contributed by atoms with Crippen molar-refractivity contribution in [1.82, 2.24) is 9.78 Å². The highest BCUT2D eigenvalue weighted by atomic mass is 19.1. The van der Waals surface area contributed by atoms with E-state index in [4.69, 9.17) is 5.26 Å². The summed E-state index contributed by atoms with van der Waals surface area (Å²) >= 11 is 0. The molecule has 0 aliphatic carbocycles. The number of nitrogens with zero attached hydrogens (tertiary/aromatic N) is 3. The van der Waals surface area contributed by atoms with E-state index in [0.29, 0.717) is 16.7 Å². The number of hydrogen-bond acceptors (Lipinski definition) is 3. The molecule has 0 aliphatic heterocycles. The van der Waals surface area contributed by atoms with Gasteiger partial charge in [0.2, 0.25) is 0 Å². The highest BCUT2D eigenvalue weighted by molar-refractivity contribution is 5.66. The van der Waals surface area contributed by atoms with Gasteiger partial charge < -0.3 is 5.11 Å². The quantitative estimate of drug-likeness (QED) is 0.870. The summed E-state index contributed by atoms with van der Waals surface area (Å²) in [6, 6.07) is 6.05. The molecule has 0 spiro atoms. The molecule has 4 nitrogen and oxygen atoms in total. The molecule has 0 fully saturated rings. The van der Waals surface area contributed by atoms with Crippen LogP contribution in [0.15, 0.2) is 42.7 Å². The third-order valence-electron chi connectivity index (χ3n) is 2.99. The summed E-state index contributed by atoms with van der Waals surface area (Å²) in [5.74, 6) is -0.390. The van der Waals surface area contributed by atoms with Crippen LogP contribution in [0.1, 0.15) is 18.1 Å². The lowest BCUT2D eigenvalue weighted by Crippen LogP contribution is -2.01. The summed E-state index contributed by atoms with van der Waals surface area (Å²) in [7, 11) is 1.76. The number of aliphatic hydroxyl groups excluding tert-OH is 1. The van der Waals surface area contributed by atoms with Crippen LogP contribution in [0.2, 0.25) is 0 Å². The number of benzene rings is 1. The smallest absolute Gasteiger partial charge is 0.123 e. The van der Waals surface area contributed by atoms with Crippen molar-refractivity contribution >= 4 is 0 Å². The van der Waals surface area contributed by atoms with Crippen molar-refractivity contribution in [2.24, 2.45) is 7.05 Å². The first-order valence-corrected chi connectivity index (χ1v) is 6.05. The monoisotopic (exact) mass is 271 g/mol. The van der Waals surface area contributed by atoms with E-state index in [-0.39, 0.29) is 17.8 Å². The number of hydrogen-bond donors (Lipinski definition) is 1. The van der Waals surface area contributed by atoms with Crippen LogP contribution in [0.25, 0.3) is 11.1 Å². The lowest BCUT2D eigenvalue weighted by Gasteiger charge is -2.14. The Bertz CT molecular complexity index is 685. The van der Waals surface area contributed by atoms with Crippen molar-refractivity contribution < 1.29 is 9.50 Å². The molecule has 0 saturated heterocycles. The minimum absolute atomic E-state index is 0.120. The molecule has 1 aromatic heterocycles. The summed E-state index contributed by atoms with van der Waals surface area (Å²) in [6.45, 7) is 3.55. The predicted molar refractivity (Wildman–Crippen MR) is 72.9 cm³/mol. The van der Waals surface area contributed by atoms with Gasteiger partial charge in [-0.2, -0.15) is 10.4 Å². The van der Waals surface area contributed by atoms with E-state index < -0.39 is 6.10 Å². The Balaban J connectivity index is 2.43. The zero-order valence-electron chi connectivity index (χ0n) is 11.0. The zero-order valence-corrected chi connectivity index (χ0v) is 11.0. The van der Waals surface area contributed by atoms with E-state index in [1.54, 1.807) is 24.1 Å². The van der Waals surface area contributed by atoms with E-state index in [0.717, 1.165) is 0 Å². The molecule has 0 amide bonds. The van der Waals surface area contributed by atoms with E-state index in [9.17, 15) is 9.50 Å². The molecule has 0 saturated carbocycles. The fourth-order valence-corrected chi connectivity index (χ4v) is 2.02. The summed E-state index contributed by atoms with van der Waals surface area (Å²) in [4.78, 5) is 0. The lowest BCUT2D eigenvalue weighted by atomic mass is 9.95. The number of halogens is 1. The second-order valence-corrected chi connectivity index (χ2v) is 4.57. The van der Waals surface area contributed by atoms with E-state index in [1.807, 2.05) is 6.07 Å². The van der Waals surface area contributed by atoms with Crippen LogP contribution in [0, 0.1) is 17.1 Å². The summed E-state index contributed by atoms with van der Waals surface area (Å²) in [6.07, 6.45) is 2.56. The van der Waals surface area contributed by atoms with Crippen LogP contribution in [0.5, 0.6) is 0 Å². The minimum Gasteiger partial charge on any atom is -0.388 e. The van der Waals surface area contributed by atoms with Crippen LogP contribution < -0.4 is 0 Å². The molecule has 2 aromatic rings. The molecule has 20 heavy (non-hydrogen) atoms. The molecule has 0 aliphatic rings. The number of aromatic nitrogens is 2. The van der Waals surface area contributed by atoms with Gasteiger partial charge in [0.15, 0.2) is 0 Å². The Morgan fingerprint density at radius 2 is 2.35 bits per heavy atom. The van der Waals surface area contributed by atoms with Crippen molar-refractivity contribution in [3.8, 4) is 17.2 Å². The van der Waals surface area contributed by atoms with Crippen molar-refractivity contribution in [2.75, 3.05) is 0 Å². The van der Waals surface area contributed by atoms with Crippen LogP contribution in [-0.2, 0) is 7.05 Å². The van der Waals surface area contributed by atoms with Crippen molar-refractivity contribution in [3.63, 3.8) is 0 Å². The maximum absolute atomic E-state index is 13.5. The van der Waals surface area contributed by atoms with Gasteiger partial charge >= 0.3 is 0 Å². The molecule has 1 atom stereocenters. The Labute approximate surface area is 116 Å². The molecule has 102 valence electrons. The minimum atomic E-state index is -0.905. The zero-order chi connectivity index (χ0) is 14.7. The highest BCUT2D eigenvalue weighted by Gasteiger charge is 2.16. The van der Waals surface area contributed by atoms with E-state index in [1.165, 1.54) is 18.2 Å². The molecular formula is C15H14FN3O. The first-order valence-electron chi connectivity index (χ1n) is 6.05. The fraction of sp³-hybridized carbons (Fsp3) is 0.200. The maximum atomic E-state index is 13.5. The van der Waals surface area contributed by atoms with Gasteiger partial charge in [0.1, 0.15) is 5.82 Å². The van der Waals surface area contributed by atoms with E-state index >= 15 is 0 Å². The van der Waals surface area contributed by atoms with Crippen molar-refractivity contribution in [2.45, 2.75) is 12.5 Å². The lowest BCUT2D eigenvalue weighted by molar-refractivity contribution is 0.180. The summed E-state index contributed by atoms with van der Waals surface area (Å²) in [5.41, 5.74) is 2.11. The van der Waals surface area contributed by atoms with Crippen LogP contribution in [-0.4, -0.2) is 14.9 Å². The van der Waals surface area contributed by atoms with Gasteiger partial charge in [0.05, 0.1) is 18.4 Å². The second kappa shape index (κ2) is 5.68. The summed E-state index contributed by atoms with van der Waals surface area (Å²) < 4.78 is 15.1. The standard InChI is InChI=1S/C15H14FN3O/c1-10(7-17)5-15(20)13-4-3-12(16)6-14(13)11-8-18-19(2)9-11/h3-4,6,8-9,15,20H,1,5H2,2H3. The summed E-state index contributed by atoms with van der Waals surface area (Å²) in [5, 5.41) is 23.0. The molecule has 1 unspecified atom stereocenters. The van der Waals surface area contributed by atoms with Gasteiger partial charge in [-0.3, -0.25) is 4.68 Å². The SMILES string of the molecule is C=C(C#N)CC(O)c1ccc(F)cc1-c1cnn(C)c1. The molecule has 2 rings (SSSR count). The Hall–Kier alpha value is -2.45. The largest absolute Gasteiger partial charge is 0.388 e.